The van der Waals surface area contributed by atoms with Gasteiger partial charge < -0.3 is 15.3 Å². The predicted octanol–water partition coefficient (Wildman–Crippen LogP) is 5.14. The number of rotatable bonds is 11. The van der Waals surface area contributed by atoms with E-state index in [2.05, 4.69) is 41.3 Å². The Labute approximate surface area is 224 Å². The van der Waals surface area contributed by atoms with E-state index in [1.165, 1.54) is 12.1 Å². The summed E-state index contributed by atoms with van der Waals surface area (Å²) in [4.78, 5) is 31.5. The van der Waals surface area contributed by atoms with Crippen LogP contribution in [-0.4, -0.2) is 51.4 Å². The number of aromatic nitrogens is 1. The van der Waals surface area contributed by atoms with Gasteiger partial charge in [0.2, 0.25) is 5.91 Å². The zero-order valence-electron chi connectivity index (χ0n) is 22.8. The lowest BCUT2D eigenvalue weighted by Crippen LogP contribution is -2.36. The molecule has 1 aromatic heterocycles. The van der Waals surface area contributed by atoms with Gasteiger partial charge in [0, 0.05) is 31.1 Å². The van der Waals surface area contributed by atoms with Crippen LogP contribution in [0.15, 0.2) is 40.5 Å². The molecule has 2 N–H and O–H groups in total. The molecule has 1 aliphatic heterocycles. The number of hydrogen-bond acceptors (Lipinski definition) is 6. The van der Waals surface area contributed by atoms with Gasteiger partial charge in [-0.05, 0) is 68.0 Å². The number of halogens is 1. The minimum atomic E-state index is -0.621. The topological polar surface area (TPSA) is 107 Å². The summed E-state index contributed by atoms with van der Waals surface area (Å²) < 4.78 is 14.9. The molecule has 1 atom stereocenters. The van der Waals surface area contributed by atoms with Gasteiger partial charge in [-0.2, -0.15) is 10.2 Å². The molecule has 0 aliphatic carbocycles. The third-order valence-corrected chi connectivity index (χ3v) is 6.78. The average molecular weight is 524 g/mol. The minimum Gasteiger partial charge on any atom is -0.396 e. The van der Waals surface area contributed by atoms with Crippen molar-refractivity contribution in [1.82, 2.24) is 9.88 Å². The van der Waals surface area contributed by atoms with Gasteiger partial charge in [-0.25, -0.2) is 9.37 Å². The standard InChI is InChI=1S/C29H38FN5O3/c1-5-7-9-20(4)33-34-28(19(3)6-2)25-10-8-11-26(31-25)32-29(38)23-16-22-18-35(27(37)13-15-36)14-12-21(22)17-24(23)30/h8,10-11,16-17,19,36H,5-7,9,12-15,18H2,1-4H3,(H,31,32,38)/b33-20+,34-28+. The summed E-state index contributed by atoms with van der Waals surface area (Å²) in [6.07, 6.45) is 4.41. The van der Waals surface area contributed by atoms with E-state index in [9.17, 15) is 14.0 Å². The van der Waals surface area contributed by atoms with Crippen LogP contribution < -0.4 is 5.32 Å². The molecule has 2 heterocycles. The molecule has 8 nitrogen and oxygen atoms in total. The largest absolute Gasteiger partial charge is 0.396 e. The lowest BCUT2D eigenvalue weighted by Gasteiger charge is -2.29. The van der Waals surface area contributed by atoms with E-state index in [0.29, 0.717) is 18.7 Å². The highest BCUT2D eigenvalue weighted by Gasteiger charge is 2.24. The number of fused-ring (bicyclic) bond motifs is 1. The molecule has 0 saturated carbocycles. The van der Waals surface area contributed by atoms with Crippen LogP contribution in [-0.2, 0) is 17.8 Å². The van der Waals surface area contributed by atoms with Gasteiger partial charge in [0.1, 0.15) is 11.6 Å². The first-order valence-electron chi connectivity index (χ1n) is 13.4. The van der Waals surface area contributed by atoms with Crippen molar-refractivity contribution in [2.45, 2.75) is 72.8 Å². The Morgan fingerprint density at radius 2 is 1.97 bits per heavy atom. The third-order valence-electron chi connectivity index (χ3n) is 6.78. The van der Waals surface area contributed by atoms with Crippen LogP contribution in [0.5, 0.6) is 0 Å². The normalized spacial score (nSPS) is 14.7. The van der Waals surface area contributed by atoms with Crippen molar-refractivity contribution >= 4 is 29.1 Å². The predicted molar refractivity (Wildman–Crippen MR) is 148 cm³/mol. The van der Waals surface area contributed by atoms with E-state index >= 15 is 0 Å². The molecular weight excluding hydrogens is 485 g/mol. The smallest absolute Gasteiger partial charge is 0.259 e. The second-order valence-electron chi connectivity index (χ2n) is 9.74. The highest BCUT2D eigenvalue weighted by atomic mass is 19.1. The lowest BCUT2D eigenvalue weighted by molar-refractivity contribution is -0.132. The van der Waals surface area contributed by atoms with E-state index in [-0.39, 0.29) is 42.8 Å². The molecular formula is C29H38FN5O3. The first-order valence-corrected chi connectivity index (χ1v) is 13.4. The van der Waals surface area contributed by atoms with Crippen LogP contribution in [0.2, 0.25) is 0 Å². The number of nitrogens with zero attached hydrogens (tertiary/aromatic N) is 4. The molecule has 204 valence electrons. The van der Waals surface area contributed by atoms with E-state index in [1.807, 2.05) is 13.0 Å². The van der Waals surface area contributed by atoms with E-state index in [1.54, 1.807) is 17.0 Å². The fourth-order valence-corrected chi connectivity index (χ4v) is 4.27. The molecule has 0 bridgehead atoms. The molecule has 3 rings (SSSR count). The molecule has 2 amide bonds. The molecule has 9 heteroatoms. The summed E-state index contributed by atoms with van der Waals surface area (Å²) >= 11 is 0. The van der Waals surface area contributed by atoms with Gasteiger partial charge in [-0.15, -0.1) is 0 Å². The molecule has 0 spiro atoms. The summed E-state index contributed by atoms with van der Waals surface area (Å²) in [7, 11) is 0. The molecule has 0 radical (unpaired) electrons. The highest BCUT2D eigenvalue weighted by molar-refractivity contribution is 6.05. The number of amides is 2. The van der Waals surface area contributed by atoms with Crippen molar-refractivity contribution in [1.29, 1.82) is 0 Å². The zero-order chi connectivity index (χ0) is 27.7. The Bertz CT molecular complexity index is 1210. The van der Waals surface area contributed by atoms with Gasteiger partial charge in [-0.1, -0.05) is 33.3 Å². The lowest BCUT2D eigenvalue weighted by atomic mass is 9.96. The monoisotopic (exact) mass is 523 g/mol. The Morgan fingerprint density at radius 1 is 1.18 bits per heavy atom. The van der Waals surface area contributed by atoms with Crippen LogP contribution in [0.3, 0.4) is 0 Å². The van der Waals surface area contributed by atoms with Gasteiger partial charge in [0.05, 0.1) is 23.6 Å². The second kappa shape index (κ2) is 13.9. The maximum Gasteiger partial charge on any atom is 0.259 e. The van der Waals surface area contributed by atoms with Crippen LogP contribution in [0.1, 0.15) is 87.0 Å². The number of pyridine rings is 1. The molecule has 2 aromatic rings. The van der Waals surface area contributed by atoms with Gasteiger partial charge >= 0.3 is 0 Å². The number of aliphatic hydroxyl groups excluding tert-OH is 1. The zero-order valence-corrected chi connectivity index (χ0v) is 22.8. The Morgan fingerprint density at radius 3 is 2.68 bits per heavy atom. The first kappa shape index (κ1) is 29.1. The number of hydrogen-bond donors (Lipinski definition) is 2. The number of nitrogens with one attached hydrogen (secondary N) is 1. The van der Waals surface area contributed by atoms with Crippen molar-refractivity contribution in [3.63, 3.8) is 0 Å². The fraction of sp³-hybridized carbons (Fsp3) is 0.483. The maximum absolute atomic E-state index is 14.9. The Hall–Kier alpha value is -3.46. The summed E-state index contributed by atoms with van der Waals surface area (Å²) in [5, 5.41) is 20.7. The summed E-state index contributed by atoms with van der Waals surface area (Å²) in [5.74, 6) is -1.02. The third kappa shape index (κ3) is 7.54. The van der Waals surface area contributed by atoms with Crippen LogP contribution in [0, 0.1) is 11.7 Å². The van der Waals surface area contributed by atoms with Crippen LogP contribution >= 0.6 is 0 Å². The second-order valence-corrected chi connectivity index (χ2v) is 9.74. The molecule has 0 saturated heterocycles. The summed E-state index contributed by atoms with van der Waals surface area (Å²) in [6.45, 7) is 8.73. The molecule has 0 fully saturated rings. The van der Waals surface area contributed by atoms with E-state index < -0.39 is 11.7 Å². The SMILES string of the molecule is CCCC/C(C)=N/N=C(/c1cccc(NC(=O)c2cc3c(cc2F)CCN(C(=O)CCO)C3)n1)C(C)CC. The van der Waals surface area contributed by atoms with Gasteiger partial charge in [0.15, 0.2) is 0 Å². The Kier molecular flexibility index (Phi) is 10.6. The quantitative estimate of drug-likeness (QED) is 0.314. The first-order chi connectivity index (χ1) is 18.3. The highest BCUT2D eigenvalue weighted by Crippen LogP contribution is 2.24. The van der Waals surface area contributed by atoms with E-state index in [4.69, 9.17) is 5.11 Å². The molecule has 1 aliphatic rings. The van der Waals surface area contributed by atoms with Crippen LogP contribution in [0.4, 0.5) is 10.2 Å². The number of anilines is 1. The van der Waals surface area contributed by atoms with Crippen molar-refractivity contribution in [2.75, 3.05) is 18.5 Å². The average Bonchev–Trinajstić information content (AvgIpc) is 2.91. The Balaban J connectivity index is 1.82. The van der Waals surface area contributed by atoms with Gasteiger partial charge in [0.25, 0.3) is 5.91 Å². The molecule has 1 aromatic carbocycles. The van der Waals surface area contributed by atoms with Crippen molar-refractivity contribution in [3.8, 4) is 0 Å². The number of unbranched alkanes of at least 4 members (excludes halogenated alkanes) is 1. The minimum absolute atomic E-state index is 0.0391. The van der Waals surface area contributed by atoms with Crippen LogP contribution in [0.25, 0.3) is 0 Å². The van der Waals surface area contributed by atoms with Crippen molar-refractivity contribution in [2.24, 2.45) is 16.1 Å². The summed E-state index contributed by atoms with van der Waals surface area (Å²) in [6, 6.07) is 8.12. The van der Waals surface area contributed by atoms with Gasteiger partial charge in [-0.3, -0.25) is 9.59 Å². The maximum atomic E-state index is 14.9. The van der Waals surface area contributed by atoms with E-state index in [0.717, 1.165) is 48.2 Å². The molecule has 38 heavy (non-hydrogen) atoms. The number of benzene rings is 1. The number of carbonyl (C=O) groups is 2. The summed E-state index contributed by atoms with van der Waals surface area (Å²) in [5.41, 5.74) is 3.67. The molecule has 1 unspecified atom stereocenters. The van der Waals surface area contributed by atoms with Crippen molar-refractivity contribution < 1.29 is 19.1 Å². The number of carbonyl (C=O) groups excluding carboxylic acids is 2. The van der Waals surface area contributed by atoms with Crippen molar-refractivity contribution in [3.05, 3.63) is 58.5 Å². The number of aliphatic hydroxyl groups is 1. The fourth-order valence-electron chi connectivity index (χ4n) is 4.27.